The third kappa shape index (κ3) is 1.48. The Morgan fingerprint density at radius 1 is 1.55 bits per heavy atom. The van der Waals surface area contributed by atoms with E-state index in [-0.39, 0.29) is 15.7 Å². The zero-order chi connectivity index (χ0) is 8.43. The first kappa shape index (κ1) is 8.39. The molecule has 4 nitrogen and oxygen atoms in total. The van der Waals surface area contributed by atoms with Crippen molar-refractivity contribution >= 4 is 28.9 Å². The van der Waals surface area contributed by atoms with Crippen molar-refractivity contribution in [1.82, 2.24) is 4.98 Å². The van der Waals surface area contributed by atoms with Crippen LogP contribution in [0.2, 0.25) is 10.0 Å². The van der Waals surface area contributed by atoms with Gasteiger partial charge >= 0.3 is 0 Å². The summed E-state index contributed by atoms with van der Waals surface area (Å²) in [6.07, 6.45) is 1.31. The third-order valence-corrected chi connectivity index (χ3v) is 1.79. The molecule has 1 aromatic heterocycles. The van der Waals surface area contributed by atoms with Crippen molar-refractivity contribution in [2.45, 2.75) is 0 Å². The molecule has 0 unspecified atom stereocenters. The predicted octanol–water partition coefficient (Wildman–Crippen LogP) is 0.967. The van der Waals surface area contributed by atoms with Gasteiger partial charge in [0.1, 0.15) is 5.02 Å². The van der Waals surface area contributed by atoms with E-state index in [1.54, 1.807) is 0 Å². The van der Waals surface area contributed by atoms with Gasteiger partial charge in [0, 0.05) is 6.20 Å². The van der Waals surface area contributed by atoms with Gasteiger partial charge in [0.25, 0.3) is 5.56 Å². The average Bonchev–Trinajstić information content (AvgIpc) is 1.99. The van der Waals surface area contributed by atoms with Crippen molar-refractivity contribution < 1.29 is 0 Å². The number of H-pyrrole nitrogens is 1. The van der Waals surface area contributed by atoms with E-state index < -0.39 is 5.56 Å². The van der Waals surface area contributed by atoms with E-state index >= 15 is 0 Å². The number of anilines is 1. The molecule has 4 N–H and O–H groups in total. The van der Waals surface area contributed by atoms with Crippen LogP contribution in [0.5, 0.6) is 0 Å². The number of nitrogens with two attached hydrogens (primary N) is 1. The van der Waals surface area contributed by atoms with Gasteiger partial charge in [0.05, 0.1) is 10.7 Å². The first-order valence-electron chi connectivity index (χ1n) is 2.70. The molecule has 1 aromatic rings. The molecule has 11 heavy (non-hydrogen) atoms. The molecule has 0 fully saturated rings. The number of pyridine rings is 1. The summed E-state index contributed by atoms with van der Waals surface area (Å²) in [4.78, 5) is 13.1. The van der Waals surface area contributed by atoms with Crippen molar-refractivity contribution in [3.63, 3.8) is 0 Å². The number of aromatic nitrogens is 1. The van der Waals surface area contributed by atoms with Gasteiger partial charge in [-0.1, -0.05) is 23.2 Å². The lowest BCUT2D eigenvalue weighted by atomic mass is 10.4. The Balaban J connectivity index is 3.41. The van der Waals surface area contributed by atoms with Crippen LogP contribution in [0.1, 0.15) is 0 Å². The van der Waals surface area contributed by atoms with Gasteiger partial charge in [-0.3, -0.25) is 10.6 Å². The molecular weight excluding hydrogens is 189 g/mol. The second kappa shape index (κ2) is 3.13. The van der Waals surface area contributed by atoms with Gasteiger partial charge in [0.15, 0.2) is 0 Å². The highest BCUT2D eigenvalue weighted by Crippen LogP contribution is 2.24. The molecule has 60 valence electrons. The molecule has 0 radical (unpaired) electrons. The van der Waals surface area contributed by atoms with Crippen molar-refractivity contribution in [3.8, 4) is 0 Å². The van der Waals surface area contributed by atoms with E-state index in [4.69, 9.17) is 29.0 Å². The fraction of sp³-hybridized carbons (Fsp3) is 0. The Bertz CT molecular complexity index is 322. The Labute approximate surface area is 72.3 Å². The molecule has 1 heterocycles. The van der Waals surface area contributed by atoms with Crippen LogP contribution < -0.4 is 16.8 Å². The van der Waals surface area contributed by atoms with Crippen molar-refractivity contribution in [2.24, 2.45) is 5.84 Å². The van der Waals surface area contributed by atoms with Crippen LogP contribution in [-0.4, -0.2) is 4.98 Å². The topological polar surface area (TPSA) is 70.9 Å². The van der Waals surface area contributed by atoms with Gasteiger partial charge in [0.2, 0.25) is 0 Å². The zero-order valence-corrected chi connectivity index (χ0v) is 6.83. The number of rotatable bonds is 1. The molecule has 0 saturated carbocycles. The van der Waals surface area contributed by atoms with Crippen LogP contribution in [0.3, 0.4) is 0 Å². The van der Waals surface area contributed by atoms with Crippen molar-refractivity contribution in [2.75, 3.05) is 5.43 Å². The van der Waals surface area contributed by atoms with E-state index in [1.807, 2.05) is 0 Å². The summed E-state index contributed by atoms with van der Waals surface area (Å²) in [5, 5.41) is 0.233. The number of halogens is 2. The summed E-state index contributed by atoms with van der Waals surface area (Å²) >= 11 is 11.1. The zero-order valence-electron chi connectivity index (χ0n) is 5.32. The minimum atomic E-state index is -0.427. The molecule has 6 heteroatoms. The SMILES string of the molecule is NNc1c(Cl)c[nH]c(=O)c1Cl. The van der Waals surface area contributed by atoms with Gasteiger partial charge in [-0.25, -0.2) is 0 Å². The van der Waals surface area contributed by atoms with Gasteiger partial charge in [-0.15, -0.1) is 0 Å². The number of nitrogens with one attached hydrogen (secondary N) is 2. The summed E-state index contributed by atoms with van der Waals surface area (Å²) < 4.78 is 0. The Hall–Kier alpha value is -0.710. The smallest absolute Gasteiger partial charge is 0.268 e. The Morgan fingerprint density at radius 3 is 2.64 bits per heavy atom. The molecule has 0 bridgehead atoms. The normalized spacial score (nSPS) is 9.73. The second-order valence-electron chi connectivity index (χ2n) is 1.80. The summed E-state index contributed by atoms with van der Waals surface area (Å²) in [6.45, 7) is 0. The van der Waals surface area contributed by atoms with Crippen LogP contribution in [0.4, 0.5) is 5.69 Å². The monoisotopic (exact) mass is 193 g/mol. The number of hydrogen-bond acceptors (Lipinski definition) is 3. The minimum absolute atomic E-state index is 0.0417. The molecule has 0 aliphatic heterocycles. The molecule has 0 aliphatic rings. The molecule has 0 aromatic carbocycles. The maximum absolute atomic E-state index is 10.8. The van der Waals surface area contributed by atoms with E-state index in [9.17, 15) is 4.79 Å². The Morgan fingerprint density at radius 2 is 2.18 bits per heavy atom. The molecule has 0 saturated heterocycles. The Kier molecular flexibility index (Phi) is 2.38. The van der Waals surface area contributed by atoms with Crippen LogP contribution >= 0.6 is 23.2 Å². The van der Waals surface area contributed by atoms with Crippen LogP contribution in [0.25, 0.3) is 0 Å². The lowest BCUT2D eigenvalue weighted by Crippen LogP contribution is -2.14. The van der Waals surface area contributed by atoms with E-state index in [0.717, 1.165) is 0 Å². The van der Waals surface area contributed by atoms with Gasteiger partial charge in [-0.2, -0.15) is 0 Å². The summed E-state index contributed by atoms with van der Waals surface area (Å²) in [6, 6.07) is 0. The van der Waals surface area contributed by atoms with Crippen LogP contribution in [-0.2, 0) is 0 Å². The highest BCUT2D eigenvalue weighted by Gasteiger charge is 2.06. The summed E-state index contributed by atoms with van der Waals surface area (Å²) in [5.41, 5.74) is 2.03. The minimum Gasteiger partial charge on any atom is -0.326 e. The molecule has 0 amide bonds. The number of hydrogen-bond donors (Lipinski definition) is 3. The molecule has 0 spiro atoms. The van der Waals surface area contributed by atoms with Crippen LogP contribution in [0, 0.1) is 0 Å². The molecule has 1 rings (SSSR count). The van der Waals surface area contributed by atoms with Gasteiger partial charge in [-0.05, 0) is 0 Å². The van der Waals surface area contributed by atoms with E-state index in [2.05, 4.69) is 10.4 Å². The lowest BCUT2D eigenvalue weighted by Gasteiger charge is -2.02. The first-order chi connectivity index (χ1) is 5.16. The van der Waals surface area contributed by atoms with Crippen molar-refractivity contribution in [3.05, 3.63) is 26.6 Å². The van der Waals surface area contributed by atoms with E-state index in [0.29, 0.717) is 0 Å². The number of aromatic amines is 1. The summed E-state index contributed by atoms with van der Waals surface area (Å²) in [5.74, 6) is 5.05. The fourth-order valence-electron chi connectivity index (χ4n) is 0.615. The molecule has 0 atom stereocenters. The van der Waals surface area contributed by atoms with Gasteiger partial charge < -0.3 is 10.4 Å². The third-order valence-electron chi connectivity index (χ3n) is 1.13. The van der Waals surface area contributed by atoms with Crippen LogP contribution in [0.15, 0.2) is 11.0 Å². The maximum atomic E-state index is 10.8. The van der Waals surface area contributed by atoms with Crippen molar-refractivity contribution in [1.29, 1.82) is 0 Å². The highest BCUT2D eigenvalue weighted by atomic mass is 35.5. The quantitative estimate of drug-likeness (QED) is 0.460. The predicted molar refractivity (Wildman–Crippen MR) is 44.9 cm³/mol. The molecular formula is C5H5Cl2N3O. The second-order valence-corrected chi connectivity index (χ2v) is 2.58. The largest absolute Gasteiger partial charge is 0.326 e. The number of hydrazine groups is 1. The standard InChI is InChI=1S/C5H5Cl2N3O/c6-2-1-9-5(11)3(7)4(2)10-8/h1H,8H2,(H2,9,10,11). The maximum Gasteiger partial charge on any atom is 0.268 e. The average molecular weight is 194 g/mol. The highest BCUT2D eigenvalue weighted by molar-refractivity contribution is 6.38. The van der Waals surface area contributed by atoms with E-state index in [1.165, 1.54) is 6.20 Å². The fourth-order valence-corrected chi connectivity index (χ4v) is 1.08. The number of nitrogen functional groups attached to an aromatic ring is 1. The lowest BCUT2D eigenvalue weighted by molar-refractivity contribution is 1.22. The first-order valence-corrected chi connectivity index (χ1v) is 3.45. The summed E-state index contributed by atoms with van der Waals surface area (Å²) in [7, 11) is 0. The molecule has 0 aliphatic carbocycles.